The summed E-state index contributed by atoms with van der Waals surface area (Å²) in [5, 5.41) is 13.0. The van der Waals surface area contributed by atoms with Crippen molar-refractivity contribution in [3.8, 4) is 6.07 Å². The van der Waals surface area contributed by atoms with Crippen molar-refractivity contribution in [3.05, 3.63) is 23.3 Å². The Morgan fingerprint density at radius 2 is 1.73 bits per heavy atom. The van der Waals surface area contributed by atoms with Gasteiger partial charge in [-0.25, -0.2) is 0 Å². The normalized spacial score (nSPS) is 43.6. The first-order chi connectivity index (χ1) is 17.2. The predicted molar refractivity (Wildman–Crippen MR) is 143 cm³/mol. The van der Waals surface area contributed by atoms with Gasteiger partial charge < -0.3 is 5.32 Å². The van der Waals surface area contributed by atoms with Crippen molar-refractivity contribution < 1.29 is 14.4 Å². The maximum Gasteiger partial charge on any atom is 0.226 e. The Labute approximate surface area is 222 Å². The third-order valence-electron chi connectivity index (χ3n) is 11.9. The van der Waals surface area contributed by atoms with Crippen LogP contribution in [-0.2, 0) is 14.4 Å². The number of ketones is 2. The summed E-state index contributed by atoms with van der Waals surface area (Å²) >= 11 is 0. The number of carbonyl (C=O) groups is 3. The molecule has 200 valence electrons. The molecule has 0 aromatic carbocycles. The molecule has 5 aliphatic carbocycles. The average molecular weight is 505 g/mol. The molecular formula is C32H44N2O3. The van der Waals surface area contributed by atoms with Crippen LogP contribution >= 0.6 is 0 Å². The molecule has 37 heavy (non-hydrogen) atoms. The van der Waals surface area contributed by atoms with Crippen LogP contribution in [-0.4, -0.2) is 24.0 Å². The van der Waals surface area contributed by atoms with Crippen molar-refractivity contribution in [2.75, 3.05) is 6.54 Å². The lowest BCUT2D eigenvalue weighted by atomic mass is 9.38. The van der Waals surface area contributed by atoms with Gasteiger partial charge in [-0.2, -0.15) is 5.26 Å². The Kier molecular flexibility index (Phi) is 5.81. The second-order valence-electron chi connectivity index (χ2n) is 14.6. The lowest BCUT2D eigenvalue weighted by molar-refractivity contribution is -0.161. The topological polar surface area (TPSA) is 87.0 Å². The number of nitrogens with zero attached hydrogens (tertiary/aromatic N) is 1. The zero-order chi connectivity index (χ0) is 27.2. The van der Waals surface area contributed by atoms with Crippen LogP contribution in [0.15, 0.2) is 23.3 Å². The van der Waals surface area contributed by atoms with Gasteiger partial charge in [-0.15, -0.1) is 0 Å². The van der Waals surface area contributed by atoms with Crippen LogP contribution in [0.4, 0.5) is 0 Å². The van der Waals surface area contributed by atoms with Gasteiger partial charge in [-0.1, -0.05) is 53.2 Å². The SMILES string of the molecule is CCNC(=O)[C@@]12CCC3C(C(=O)C=C4[C@@]3(C)CC[C@H]3C(C)(C)C(=O)C(C#N)=C[C@]43C)C1CC(C)(C)CC2. The number of hydrogen-bond acceptors (Lipinski definition) is 4. The first kappa shape index (κ1) is 26.4. The second kappa shape index (κ2) is 8.14. The quantitative estimate of drug-likeness (QED) is 0.503. The molecule has 3 unspecified atom stereocenters. The molecule has 7 atom stereocenters. The van der Waals surface area contributed by atoms with Gasteiger partial charge in [0.15, 0.2) is 11.6 Å². The summed E-state index contributed by atoms with van der Waals surface area (Å²) in [4.78, 5) is 41.0. The minimum absolute atomic E-state index is 0.0452. The van der Waals surface area contributed by atoms with E-state index < -0.39 is 16.2 Å². The Morgan fingerprint density at radius 1 is 1.03 bits per heavy atom. The summed E-state index contributed by atoms with van der Waals surface area (Å²) in [5.74, 6) is 0.365. The zero-order valence-electron chi connectivity index (χ0n) is 23.8. The molecule has 3 saturated carbocycles. The fourth-order valence-corrected chi connectivity index (χ4v) is 10.0. The van der Waals surface area contributed by atoms with Crippen LogP contribution in [0.5, 0.6) is 0 Å². The highest BCUT2D eigenvalue weighted by atomic mass is 16.2. The first-order valence-corrected chi connectivity index (χ1v) is 14.4. The van der Waals surface area contributed by atoms with E-state index in [1.54, 1.807) is 0 Å². The highest BCUT2D eigenvalue weighted by molar-refractivity contribution is 6.04. The average Bonchev–Trinajstić information content (AvgIpc) is 2.82. The largest absolute Gasteiger partial charge is 0.356 e. The Hall–Kier alpha value is -2.22. The van der Waals surface area contributed by atoms with E-state index >= 15 is 0 Å². The van der Waals surface area contributed by atoms with E-state index in [-0.39, 0.29) is 57.5 Å². The molecule has 0 heterocycles. The number of carbonyl (C=O) groups excluding carboxylic acids is 3. The number of rotatable bonds is 2. The van der Waals surface area contributed by atoms with Crippen LogP contribution in [0.1, 0.15) is 93.4 Å². The van der Waals surface area contributed by atoms with Gasteiger partial charge in [-0.05, 0) is 86.5 Å². The molecule has 0 aliphatic heterocycles. The molecule has 5 nitrogen and oxygen atoms in total. The molecule has 5 aliphatic rings. The highest BCUT2D eigenvalue weighted by Gasteiger charge is 2.66. The van der Waals surface area contributed by atoms with E-state index in [0.29, 0.717) is 6.54 Å². The maximum absolute atomic E-state index is 14.2. The smallest absolute Gasteiger partial charge is 0.226 e. The summed E-state index contributed by atoms with van der Waals surface area (Å²) in [7, 11) is 0. The summed E-state index contributed by atoms with van der Waals surface area (Å²) in [6.45, 7) is 15.6. The molecule has 0 saturated heterocycles. The summed E-state index contributed by atoms with van der Waals surface area (Å²) in [6, 6.07) is 2.17. The molecule has 0 aromatic heterocycles. The van der Waals surface area contributed by atoms with E-state index in [9.17, 15) is 19.6 Å². The van der Waals surface area contributed by atoms with Crippen molar-refractivity contribution in [1.29, 1.82) is 5.26 Å². The van der Waals surface area contributed by atoms with E-state index in [1.165, 1.54) is 0 Å². The van der Waals surface area contributed by atoms with Gasteiger partial charge in [0, 0.05) is 23.3 Å². The van der Waals surface area contributed by atoms with E-state index in [1.807, 2.05) is 32.9 Å². The standard InChI is InChI=1S/C32H44N2O3/c1-8-34-27(37)32-12-9-20-25(21(32)17-28(2,3)13-14-32)22(35)15-24-30(20,6)11-10-23-29(4,5)26(36)19(18-33)16-31(23,24)7/h15-16,20-21,23,25H,8-14,17H2,1-7H3,(H,34,37)/t20?,21?,23-,25?,30-,31-,32+/m0/s1. The molecule has 5 rings (SSSR count). The van der Waals surface area contributed by atoms with Crippen LogP contribution < -0.4 is 5.32 Å². The van der Waals surface area contributed by atoms with E-state index in [4.69, 9.17) is 0 Å². The van der Waals surface area contributed by atoms with Crippen LogP contribution in [0.2, 0.25) is 0 Å². The molecule has 0 bridgehead atoms. The van der Waals surface area contributed by atoms with Crippen LogP contribution in [0.3, 0.4) is 0 Å². The minimum atomic E-state index is -0.649. The number of nitrogens with one attached hydrogen (secondary N) is 1. The van der Waals surface area contributed by atoms with Crippen molar-refractivity contribution >= 4 is 17.5 Å². The number of nitriles is 1. The molecule has 1 N–H and O–H groups in total. The Bertz CT molecular complexity index is 1170. The van der Waals surface area contributed by atoms with Gasteiger partial charge >= 0.3 is 0 Å². The maximum atomic E-state index is 14.2. The van der Waals surface area contributed by atoms with E-state index in [0.717, 1.165) is 50.5 Å². The lowest BCUT2D eigenvalue weighted by Crippen LogP contribution is -2.62. The van der Waals surface area contributed by atoms with Crippen LogP contribution in [0, 0.1) is 62.1 Å². The number of fused-ring (bicyclic) bond motifs is 7. The second-order valence-corrected chi connectivity index (χ2v) is 14.6. The van der Waals surface area contributed by atoms with Crippen LogP contribution in [0.25, 0.3) is 0 Å². The number of hydrogen-bond donors (Lipinski definition) is 1. The summed E-state index contributed by atoms with van der Waals surface area (Å²) < 4.78 is 0. The summed E-state index contributed by atoms with van der Waals surface area (Å²) in [6.07, 6.45) is 10.1. The molecular weight excluding hydrogens is 460 g/mol. The third kappa shape index (κ3) is 3.43. The number of Topliss-reactive ketones (excluding diaryl/α,β-unsaturated/α-hetero) is 1. The monoisotopic (exact) mass is 504 g/mol. The molecule has 0 spiro atoms. The van der Waals surface area contributed by atoms with Gasteiger partial charge in [0.1, 0.15) is 6.07 Å². The predicted octanol–water partition coefficient (Wildman–Crippen LogP) is 5.95. The molecule has 0 radical (unpaired) electrons. The molecule has 0 aromatic rings. The molecule has 3 fully saturated rings. The Balaban J connectivity index is 1.65. The van der Waals surface area contributed by atoms with Crippen molar-refractivity contribution in [2.45, 2.75) is 93.4 Å². The molecule has 5 heteroatoms. The van der Waals surface area contributed by atoms with Gasteiger partial charge in [0.2, 0.25) is 5.91 Å². The summed E-state index contributed by atoms with van der Waals surface area (Å²) in [5.41, 5.74) is -0.340. The first-order valence-electron chi connectivity index (χ1n) is 14.4. The lowest BCUT2D eigenvalue weighted by Gasteiger charge is -2.64. The number of allylic oxidation sites excluding steroid dienone is 4. The fourth-order valence-electron chi connectivity index (χ4n) is 10.0. The number of amides is 1. The van der Waals surface area contributed by atoms with E-state index in [2.05, 4.69) is 39.1 Å². The van der Waals surface area contributed by atoms with Gasteiger partial charge in [-0.3, -0.25) is 14.4 Å². The zero-order valence-corrected chi connectivity index (χ0v) is 23.8. The van der Waals surface area contributed by atoms with Crippen molar-refractivity contribution in [2.24, 2.45) is 50.7 Å². The van der Waals surface area contributed by atoms with Gasteiger partial charge in [0.25, 0.3) is 0 Å². The molecule has 1 amide bonds. The highest BCUT2D eigenvalue weighted by Crippen LogP contribution is 2.70. The van der Waals surface area contributed by atoms with Crippen molar-refractivity contribution in [1.82, 2.24) is 5.32 Å². The fraction of sp³-hybridized carbons (Fsp3) is 0.750. The Morgan fingerprint density at radius 3 is 2.38 bits per heavy atom. The van der Waals surface area contributed by atoms with Gasteiger partial charge in [0.05, 0.1) is 11.0 Å². The third-order valence-corrected chi connectivity index (χ3v) is 11.9. The minimum Gasteiger partial charge on any atom is -0.356 e. The van der Waals surface area contributed by atoms with Crippen molar-refractivity contribution in [3.63, 3.8) is 0 Å².